The average Bonchev–Trinajstić information content (AvgIpc) is 3.03. The number of rotatable bonds is 5. The second kappa shape index (κ2) is 6.60. The molecule has 0 aliphatic heterocycles. The van der Waals surface area contributed by atoms with Gasteiger partial charge in [0.05, 0.1) is 22.8 Å². The van der Waals surface area contributed by atoms with Crippen molar-refractivity contribution >= 4 is 22.6 Å². The van der Waals surface area contributed by atoms with Gasteiger partial charge in [0.2, 0.25) is 0 Å². The van der Waals surface area contributed by atoms with Crippen molar-refractivity contribution in [3.05, 3.63) is 47.0 Å². The average molecular weight is 329 g/mol. The van der Waals surface area contributed by atoms with Crippen molar-refractivity contribution in [3.8, 4) is 11.8 Å². The van der Waals surface area contributed by atoms with Crippen LogP contribution < -0.4 is 10.5 Å². The van der Waals surface area contributed by atoms with Gasteiger partial charge in [-0.25, -0.2) is 9.97 Å². The maximum absolute atomic E-state index is 9.22. The minimum Gasteiger partial charge on any atom is -0.483 e. The first-order valence-electron chi connectivity index (χ1n) is 6.93. The quantitative estimate of drug-likeness (QED) is 0.743. The zero-order valence-corrected chi connectivity index (χ0v) is 12.8. The second-order valence-electron chi connectivity index (χ2n) is 4.83. The van der Waals surface area contributed by atoms with E-state index in [1.54, 1.807) is 24.4 Å². The molecule has 7 nitrogen and oxygen atoms in total. The van der Waals surface area contributed by atoms with Gasteiger partial charge < -0.3 is 10.5 Å². The van der Waals surface area contributed by atoms with E-state index in [2.05, 4.69) is 26.2 Å². The van der Waals surface area contributed by atoms with Crippen LogP contribution in [0.3, 0.4) is 0 Å². The number of benzene rings is 1. The Hall–Kier alpha value is -2.69. The van der Waals surface area contributed by atoms with Gasteiger partial charge in [-0.2, -0.15) is 10.4 Å². The smallest absolute Gasteiger partial charge is 0.158 e. The lowest BCUT2D eigenvalue weighted by Crippen LogP contribution is -2.15. The number of nitrogens with one attached hydrogen (secondary N) is 1. The van der Waals surface area contributed by atoms with Crippen LogP contribution in [0.5, 0.6) is 5.75 Å². The molecule has 1 aromatic carbocycles. The van der Waals surface area contributed by atoms with E-state index < -0.39 is 6.10 Å². The van der Waals surface area contributed by atoms with Crippen LogP contribution in [0.4, 0.5) is 0 Å². The Morgan fingerprint density at radius 1 is 1.39 bits per heavy atom. The Morgan fingerprint density at radius 3 is 3.04 bits per heavy atom. The number of nitrogens with zero attached hydrogens (tertiary/aromatic N) is 4. The number of fused-ring (bicyclic) bond motifs is 1. The van der Waals surface area contributed by atoms with Crippen molar-refractivity contribution in [1.82, 2.24) is 20.2 Å². The Balaban J connectivity index is 2.02. The van der Waals surface area contributed by atoms with Crippen LogP contribution in [0, 0.1) is 11.3 Å². The number of aromatic nitrogens is 4. The zero-order chi connectivity index (χ0) is 16.2. The van der Waals surface area contributed by atoms with Crippen LogP contribution in [0.2, 0.25) is 5.02 Å². The van der Waals surface area contributed by atoms with Gasteiger partial charge in [0.15, 0.2) is 5.65 Å². The van der Waals surface area contributed by atoms with Crippen LogP contribution in [0.25, 0.3) is 11.0 Å². The predicted molar refractivity (Wildman–Crippen MR) is 84.9 cm³/mol. The summed E-state index contributed by atoms with van der Waals surface area (Å²) in [6.07, 6.45) is 3.16. The highest BCUT2D eigenvalue weighted by Gasteiger charge is 2.20. The molecular formula is C15H13ClN6O. The topological polar surface area (TPSA) is 113 Å². The molecule has 2 heterocycles. The normalized spacial score (nSPS) is 12.0. The van der Waals surface area contributed by atoms with Crippen LogP contribution >= 0.6 is 11.6 Å². The number of nitriles is 1. The molecule has 0 amide bonds. The molecule has 0 saturated carbocycles. The summed E-state index contributed by atoms with van der Waals surface area (Å²) in [4.78, 5) is 8.41. The molecule has 3 rings (SSSR count). The van der Waals surface area contributed by atoms with Crippen LogP contribution in [0.15, 0.2) is 30.7 Å². The number of nitrogens with two attached hydrogens (primary N) is 1. The van der Waals surface area contributed by atoms with Crippen molar-refractivity contribution < 1.29 is 4.74 Å². The van der Waals surface area contributed by atoms with E-state index in [0.717, 1.165) is 5.39 Å². The minimum atomic E-state index is -0.436. The fourth-order valence-corrected chi connectivity index (χ4v) is 2.44. The molecule has 0 bridgehead atoms. The first-order valence-corrected chi connectivity index (χ1v) is 7.31. The van der Waals surface area contributed by atoms with Crippen LogP contribution in [-0.4, -0.2) is 26.7 Å². The summed E-state index contributed by atoms with van der Waals surface area (Å²) in [5.41, 5.74) is 7.38. The van der Waals surface area contributed by atoms with Gasteiger partial charge in [-0.05, 0) is 18.7 Å². The van der Waals surface area contributed by atoms with Crippen molar-refractivity contribution in [2.75, 3.05) is 6.54 Å². The Kier molecular flexibility index (Phi) is 4.37. The van der Waals surface area contributed by atoms with Gasteiger partial charge >= 0.3 is 0 Å². The summed E-state index contributed by atoms with van der Waals surface area (Å²) in [7, 11) is 0. The summed E-state index contributed by atoms with van der Waals surface area (Å²) in [6.45, 7) is 0.399. The van der Waals surface area contributed by atoms with Gasteiger partial charge in [-0.1, -0.05) is 11.6 Å². The standard InChI is InChI=1S/C15H13ClN6O/c16-10-2-1-9(6-18)13(5-10)23-12(3-4-17)14-11-7-21-22-15(11)20-8-19-14/h1-2,5,7-8,12H,3-4,17H2,(H,19,20,21,22). The van der Waals surface area contributed by atoms with Gasteiger partial charge in [0, 0.05) is 17.5 Å². The van der Waals surface area contributed by atoms with Crippen molar-refractivity contribution in [3.63, 3.8) is 0 Å². The van der Waals surface area contributed by atoms with Gasteiger partial charge in [-0.3, -0.25) is 5.10 Å². The third-order valence-electron chi connectivity index (χ3n) is 3.35. The maximum atomic E-state index is 9.22. The number of H-pyrrole nitrogens is 1. The first kappa shape index (κ1) is 15.2. The van der Waals surface area contributed by atoms with Gasteiger partial charge in [-0.15, -0.1) is 0 Å². The summed E-state index contributed by atoms with van der Waals surface area (Å²) >= 11 is 6.00. The third kappa shape index (κ3) is 3.08. The fraction of sp³-hybridized carbons (Fsp3) is 0.200. The Bertz CT molecular complexity index is 872. The van der Waals surface area contributed by atoms with E-state index in [9.17, 15) is 5.26 Å². The summed E-state index contributed by atoms with van der Waals surface area (Å²) < 4.78 is 6.00. The van der Waals surface area contributed by atoms with E-state index in [1.807, 2.05) is 0 Å². The molecule has 2 aromatic heterocycles. The molecule has 3 N–H and O–H groups in total. The highest BCUT2D eigenvalue weighted by atomic mass is 35.5. The van der Waals surface area contributed by atoms with E-state index in [0.29, 0.717) is 40.6 Å². The first-order chi connectivity index (χ1) is 11.2. The lowest BCUT2D eigenvalue weighted by atomic mass is 10.1. The van der Waals surface area contributed by atoms with Crippen molar-refractivity contribution in [1.29, 1.82) is 5.26 Å². The van der Waals surface area contributed by atoms with E-state index in [4.69, 9.17) is 22.1 Å². The predicted octanol–water partition coefficient (Wildman–Crippen LogP) is 2.35. The van der Waals surface area contributed by atoms with Gasteiger partial charge in [0.1, 0.15) is 24.3 Å². The molecule has 0 spiro atoms. The molecule has 1 unspecified atom stereocenters. The van der Waals surface area contributed by atoms with Crippen LogP contribution in [0.1, 0.15) is 23.8 Å². The molecule has 23 heavy (non-hydrogen) atoms. The van der Waals surface area contributed by atoms with Crippen molar-refractivity contribution in [2.24, 2.45) is 5.73 Å². The van der Waals surface area contributed by atoms with Crippen LogP contribution in [-0.2, 0) is 0 Å². The zero-order valence-electron chi connectivity index (χ0n) is 12.0. The molecule has 3 aromatic rings. The largest absolute Gasteiger partial charge is 0.483 e. The Labute approximate surface area is 137 Å². The van der Waals surface area contributed by atoms with E-state index in [-0.39, 0.29) is 0 Å². The highest BCUT2D eigenvalue weighted by Crippen LogP contribution is 2.30. The monoisotopic (exact) mass is 328 g/mol. The van der Waals surface area contributed by atoms with Crippen molar-refractivity contribution in [2.45, 2.75) is 12.5 Å². The highest BCUT2D eigenvalue weighted by molar-refractivity contribution is 6.30. The number of hydrogen-bond donors (Lipinski definition) is 2. The molecule has 0 fully saturated rings. The molecule has 8 heteroatoms. The number of ether oxygens (including phenoxy) is 1. The molecule has 0 radical (unpaired) electrons. The van der Waals surface area contributed by atoms with Gasteiger partial charge in [0.25, 0.3) is 0 Å². The summed E-state index contributed by atoms with van der Waals surface area (Å²) in [5, 5.41) is 17.2. The number of aromatic amines is 1. The molecule has 116 valence electrons. The van der Waals surface area contributed by atoms with E-state index in [1.165, 1.54) is 6.33 Å². The molecule has 0 saturated heterocycles. The molecule has 0 aliphatic rings. The lowest BCUT2D eigenvalue weighted by molar-refractivity contribution is 0.194. The second-order valence-corrected chi connectivity index (χ2v) is 5.26. The molecular weight excluding hydrogens is 316 g/mol. The maximum Gasteiger partial charge on any atom is 0.158 e. The van der Waals surface area contributed by atoms with E-state index >= 15 is 0 Å². The third-order valence-corrected chi connectivity index (χ3v) is 3.58. The SMILES string of the molecule is N#Cc1ccc(Cl)cc1OC(CCN)c1ncnc2[nH]ncc12. The lowest BCUT2D eigenvalue weighted by Gasteiger charge is -2.19. The molecule has 1 atom stereocenters. The fourth-order valence-electron chi connectivity index (χ4n) is 2.28. The summed E-state index contributed by atoms with van der Waals surface area (Å²) in [5.74, 6) is 0.397. The summed E-state index contributed by atoms with van der Waals surface area (Å²) in [6, 6.07) is 6.95. The minimum absolute atomic E-state index is 0.397. The molecule has 0 aliphatic carbocycles. The number of halogens is 1. The Morgan fingerprint density at radius 2 is 2.26 bits per heavy atom. The number of hydrogen-bond acceptors (Lipinski definition) is 6.